The van der Waals surface area contributed by atoms with Crippen LogP contribution in [0, 0.1) is 25.2 Å². The van der Waals surface area contributed by atoms with Gasteiger partial charge in [0.1, 0.15) is 16.7 Å². The highest BCUT2D eigenvalue weighted by molar-refractivity contribution is 8.05. The lowest BCUT2D eigenvalue weighted by atomic mass is 10.1. The molecule has 5 nitrogen and oxygen atoms in total. The molecule has 0 radical (unpaired) electrons. The molecule has 36 heavy (non-hydrogen) atoms. The van der Waals surface area contributed by atoms with E-state index in [-0.39, 0.29) is 18.0 Å². The van der Waals surface area contributed by atoms with Crippen LogP contribution in [0.5, 0.6) is 0 Å². The summed E-state index contributed by atoms with van der Waals surface area (Å²) in [7, 11) is 0. The minimum atomic E-state index is -0.538. The average Bonchev–Trinajstić information content (AvgIpc) is 3.18. The molecule has 1 atom stereocenters. The molecule has 0 aromatic heterocycles. The number of nitrogens with one attached hydrogen (secondary N) is 1. The first kappa shape index (κ1) is 25.8. The van der Waals surface area contributed by atoms with E-state index in [0.29, 0.717) is 27.2 Å². The molecule has 4 rings (SSSR count). The first-order valence-electron chi connectivity index (χ1n) is 11.3. The lowest BCUT2D eigenvalue weighted by Gasteiger charge is -2.20. The molecular formula is C28H23Cl2N3O2S. The summed E-state index contributed by atoms with van der Waals surface area (Å²) >= 11 is 13.4. The van der Waals surface area contributed by atoms with Crippen molar-refractivity contribution in [2.75, 3.05) is 4.90 Å². The fourth-order valence-electron chi connectivity index (χ4n) is 3.83. The predicted octanol–water partition coefficient (Wildman–Crippen LogP) is 6.35. The summed E-state index contributed by atoms with van der Waals surface area (Å²) in [6.45, 7) is 4.22. The van der Waals surface area contributed by atoms with Crippen LogP contribution >= 0.6 is 35.0 Å². The number of nitriles is 1. The number of hydrogen-bond acceptors (Lipinski definition) is 4. The van der Waals surface area contributed by atoms with Gasteiger partial charge in [0.05, 0.1) is 15.3 Å². The summed E-state index contributed by atoms with van der Waals surface area (Å²) in [5, 5.41) is 13.4. The highest BCUT2D eigenvalue weighted by Gasteiger charge is 2.41. The van der Waals surface area contributed by atoms with Gasteiger partial charge in [0.25, 0.3) is 5.91 Å². The third-order valence-corrected chi connectivity index (χ3v) is 7.96. The van der Waals surface area contributed by atoms with E-state index in [2.05, 4.69) is 5.32 Å². The van der Waals surface area contributed by atoms with Crippen molar-refractivity contribution < 1.29 is 9.59 Å². The number of anilines is 1. The molecule has 1 aliphatic rings. The monoisotopic (exact) mass is 535 g/mol. The first-order chi connectivity index (χ1) is 17.3. The molecule has 3 aromatic rings. The van der Waals surface area contributed by atoms with E-state index in [1.54, 1.807) is 12.1 Å². The fraction of sp³-hybridized carbons (Fsp3) is 0.179. The largest absolute Gasteiger partial charge is 0.347 e. The second kappa shape index (κ2) is 11.2. The quantitative estimate of drug-likeness (QED) is 0.294. The third-order valence-electron chi connectivity index (χ3n) is 5.96. The molecule has 1 unspecified atom stereocenters. The Labute approximate surface area is 224 Å². The number of halogens is 2. The maximum atomic E-state index is 13.7. The van der Waals surface area contributed by atoms with Gasteiger partial charge in [-0.25, -0.2) is 0 Å². The number of hydrogen-bond donors (Lipinski definition) is 1. The number of thioether (sulfide) groups is 1. The molecule has 1 fully saturated rings. The van der Waals surface area contributed by atoms with Crippen LogP contribution in [-0.2, 0) is 22.6 Å². The Kier molecular flexibility index (Phi) is 8.05. The molecule has 1 heterocycles. The number of nitrogens with zero attached hydrogens (tertiary/aromatic N) is 2. The van der Waals surface area contributed by atoms with E-state index in [1.165, 1.54) is 16.7 Å². The van der Waals surface area contributed by atoms with Crippen LogP contribution in [0.2, 0.25) is 10.0 Å². The van der Waals surface area contributed by atoms with Crippen molar-refractivity contribution in [1.29, 1.82) is 5.26 Å². The van der Waals surface area contributed by atoms with Gasteiger partial charge < -0.3 is 5.32 Å². The number of amides is 2. The van der Waals surface area contributed by atoms with Crippen molar-refractivity contribution in [3.05, 3.63) is 110 Å². The fourth-order valence-corrected chi connectivity index (χ4v) is 5.46. The van der Waals surface area contributed by atoms with Crippen molar-refractivity contribution in [3.63, 3.8) is 0 Å². The Morgan fingerprint density at radius 2 is 1.75 bits per heavy atom. The van der Waals surface area contributed by atoms with E-state index < -0.39 is 11.2 Å². The highest BCUT2D eigenvalue weighted by Crippen LogP contribution is 2.42. The van der Waals surface area contributed by atoms with E-state index in [1.807, 2.05) is 74.5 Å². The van der Waals surface area contributed by atoms with Crippen LogP contribution in [0.3, 0.4) is 0 Å². The third kappa shape index (κ3) is 5.60. The SMILES string of the molecule is Cc1ccc(N2C(=O)C(Cc3ccc(Cl)c(Cl)c3)S/C2=C(/C#N)C(=O)NCc2ccccc2)cc1C. The first-order valence-corrected chi connectivity index (χ1v) is 12.9. The van der Waals surface area contributed by atoms with Gasteiger partial charge in [-0.1, -0.05) is 77.4 Å². The van der Waals surface area contributed by atoms with Crippen molar-refractivity contribution in [2.24, 2.45) is 0 Å². The summed E-state index contributed by atoms with van der Waals surface area (Å²) in [4.78, 5) is 28.3. The minimum Gasteiger partial charge on any atom is -0.347 e. The predicted molar refractivity (Wildman–Crippen MR) is 146 cm³/mol. The standard InChI is InChI=1S/C28H23Cl2N3O2S/c1-17-8-10-21(12-18(17)2)33-27(35)25(14-20-9-11-23(29)24(30)13-20)36-28(33)22(15-31)26(34)32-16-19-6-4-3-5-7-19/h3-13,25H,14,16H2,1-2H3,(H,32,34)/b28-22-. The summed E-state index contributed by atoms with van der Waals surface area (Å²) < 4.78 is 0. The van der Waals surface area contributed by atoms with Gasteiger partial charge in [0, 0.05) is 12.2 Å². The number of rotatable bonds is 6. The zero-order valence-electron chi connectivity index (χ0n) is 19.7. The zero-order valence-corrected chi connectivity index (χ0v) is 22.0. The van der Waals surface area contributed by atoms with Crippen molar-refractivity contribution in [3.8, 4) is 6.07 Å². The molecule has 182 valence electrons. The molecule has 1 aliphatic heterocycles. The van der Waals surface area contributed by atoms with Crippen LogP contribution in [0.1, 0.15) is 22.3 Å². The van der Waals surface area contributed by atoms with Gasteiger partial charge >= 0.3 is 0 Å². The molecule has 0 bridgehead atoms. The van der Waals surface area contributed by atoms with Gasteiger partial charge in [-0.05, 0) is 66.8 Å². The Balaban J connectivity index is 1.70. The molecule has 0 saturated carbocycles. The van der Waals surface area contributed by atoms with Gasteiger partial charge in [-0.15, -0.1) is 0 Å². The number of carbonyl (C=O) groups excluding carboxylic acids is 2. The summed E-state index contributed by atoms with van der Waals surface area (Å²) in [6.07, 6.45) is 0.371. The van der Waals surface area contributed by atoms with Crippen LogP contribution in [0.4, 0.5) is 5.69 Å². The van der Waals surface area contributed by atoms with E-state index in [9.17, 15) is 14.9 Å². The van der Waals surface area contributed by atoms with E-state index >= 15 is 0 Å². The Bertz CT molecular complexity index is 1400. The van der Waals surface area contributed by atoms with Crippen LogP contribution in [0.15, 0.2) is 77.3 Å². The Morgan fingerprint density at radius 1 is 1.00 bits per heavy atom. The Morgan fingerprint density at radius 3 is 2.42 bits per heavy atom. The van der Waals surface area contributed by atoms with Gasteiger partial charge in [-0.2, -0.15) is 5.26 Å². The van der Waals surface area contributed by atoms with Crippen molar-refractivity contribution in [1.82, 2.24) is 5.32 Å². The van der Waals surface area contributed by atoms with Crippen LogP contribution in [0.25, 0.3) is 0 Å². The molecule has 2 amide bonds. The maximum Gasteiger partial charge on any atom is 0.264 e. The summed E-state index contributed by atoms with van der Waals surface area (Å²) in [6, 6.07) is 22.4. The topological polar surface area (TPSA) is 73.2 Å². The van der Waals surface area contributed by atoms with Crippen LogP contribution in [-0.4, -0.2) is 17.1 Å². The molecule has 8 heteroatoms. The average molecular weight is 536 g/mol. The lowest BCUT2D eigenvalue weighted by molar-refractivity contribution is -0.117. The molecule has 0 aliphatic carbocycles. The smallest absolute Gasteiger partial charge is 0.264 e. The van der Waals surface area contributed by atoms with E-state index in [0.717, 1.165) is 22.3 Å². The van der Waals surface area contributed by atoms with Gasteiger partial charge in [0.15, 0.2) is 0 Å². The van der Waals surface area contributed by atoms with Crippen molar-refractivity contribution >= 4 is 52.5 Å². The van der Waals surface area contributed by atoms with Crippen LogP contribution < -0.4 is 10.2 Å². The van der Waals surface area contributed by atoms with Gasteiger partial charge in [-0.3, -0.25) is 14.5 Å². The van der Waals surface area contributed by atoms with E-state index in [4.69, 9.17) is 23.2 Å². The zero-order chi connectivity index (χ0) is 25.8. The second-order valence-corrected chi connectivity index (χ2v) is 10.5. The number of benzene rings is 3. The molecule has 1 N–H and O–H groups in total. The summed E-state index contributed by atoms with van der Waals surface area (Å²) in [5.41, 5.74) is 4.35. The second-order valence-electron chi connectivity index (χ2n) is 8.46. The lowest BCUT2D eigenvalue weighted by Crippen LogP contribution is -2.32. The van der Waals surface area contributed by atoms with Crippen molar-refractivity contribution in [2.45, 2.75) is 32.1 Å². The molecule has 0 spiro atoms. The number of carbonyl (C=O) groups is 2. The Hall–Kier alpha value is -3.24. The van der Waals surface area contributed by atoms with Gasteiger partial charge in [0.2, 0.25) is 5.91 Å². The highest BCUT2D eigenvalue weighted by atomic mass is 35.5. The maximum absolute atomic E-state index is 13.7. The minimum absolute atomic E-state index is 0.0980. The molecule has 1 saturated heterocycles. The molecule has 3 aromatic carbocycles. The number of aryl methyl sites for hydroxylation is 2. The normalized spacial score (nSPS) is 16.6. The summed E-state index contributed by atoms with van der Waals surface area (Å²) in [5.74, 6) is -0.728. The molecular weight excluding hydrogens is 513 g/mol.